The Hall–Kier alpha value is -1.16. The Morgan fingerprint density at radius 3 is 3.00 bits per heavy atom. The van der Waals surface area contributed by atoms with Crippen LogP contribution >= 0.6 is 11.6 Å². The minimum Gasteiger partial charge on any atom is -0.493 e. The quantitative estimate of drug-likeness (QED) is 0.492. The van der Waals surface area contributed by atoms with Crippen LogP contribution in [0.1, 0.15) is 10.5 Å². The van der Waals surface area contributed by atoms with Crippen LogP contribution in [0.3, 0.4) is 0 Å². The highest BCUT2D eigenvalue weighted by atomic mass is 35.5. The molecule has 0 spiro atoms. The van der Waals surface area contributed by atoms with Crippen LogP contribution in [0.15, 0.2) is 6.20 Å². The Bertz CT molecular complexity index is 277. The van der Waals surface area contributed by atoms with E-state index < -0.39 is 0 Å². The fraction of sp³-hybridized carbons (Fsp3) is 0.167. The molecule has 1 aromatic rings. The number of ether oxygens (including phenoxy) is 1. The van der Waals surface area contributed by atoms with Gasteiger partial charge in [0.25, 0.3) is 0 Å². The summed E-state index contributed by atoms with van der Waals surface area (Å²) < 4.78 is 4.78. The van der Waals surface area contributed by atoms with Crippen LogP contribution in [-0.4, -0.2) is 23.4 Å². The first-order valence-electron chi connectivity index (χ1n) is 2.79. The van der Waals surface area contributed by atoms with Crippen LogP contribution in [0.2, 0.25) is 5.28 Å². The van der Waals surface area contributed by atoms with E-state index in [1.807, 2.05) is 0 Å². The van der Waals surface area contributed by atoms with Crippen LogP contribution in [-0.2, 0) is 0 Å². The van der Waals surface area contributed by atoms with E-state index in [-0.39, 0.29) is 11.0 Å². The second kappa shape index (κ2) is 3.30. The molecule has 0 aliphatic rings. The van der Waals surface area contributed by atoms with Crippen molar-refractivity contribution < 1.29 is 9.53 Å². The highest BCUT2D eigenvalue weighted by molar-refractivity contribution is 6.28. The number of rotatable bonds is 2. The standard InChI is InChI=1S/C6H5ClN2O2/c1-11-5-2-8-6(7)9-4(5)3-10/h2-3H,1H3. The number of halogens is 1. The Morgan fingerprint density at radius 1 is 1.73 bits per heavy atom. The number of methoxy groups -OCH3 is 1. The van der Waals surface area contributed by atoms with Crippen molar-refractivity contribution in [2.75, 3.05) is 7.11 Å². The molecule has 0 amide bonds. The maximum Gasteiger partial charge on any atom is 0.223 e. The molecular formula is C6H5ClN2O2. The molecule has 11 heavy (non-hydrogen) atoms. The predicted octanol–water partition coefficient (Wildman–Crippen LogP) is 0.951. The molecule has 1 heterocycles. The molecule has 0 unspecified atom stereocenters. The summed E-state index contributed by atoms with van der Waals surface area (Å²) in [5.74, 6) is 0.324. The van der Waals surface area contributed by atoms with E-state index >= 15 is 0 Å². The summed E-state index contributed by atoms with van der Waals surface area (Å²) in [7, 11) is 1.43. The normalized spacial score (nSPS) is 9.27. The fourth-order valence-electron chi connectivity index (χ4n) is 0.603. The zero-order valence-corrected chi connectivity index (χ0v) is 6.50. The van der Waals surface area contributed by atoms with E-state index in [0.717, 1.165) is 0 Å². The molecule has 0 aromatic carbocycles. The number of hydrogen-bond acceptors (Lipinski definition) is 4. The monoisotopic (exact) mass is 172 g/mol. The van der Waals surface area contributed by atoms with Crippen molar-refractivity contribution in [1.29, 1.82) is 0 Å². The predicted molar refractivity (Wildman–Crippen MR) is 39.0 cm³/mol. The molecule has 1 rings (SSSR count). The van der Waals surface area contributed by atoms with Gasteiger partial charge in [0.15, 0.2) is 12.0 Å². The highest BCUT2D eigenvalue weighted by Gasteiger charge is 2.03. The van der Waals surface area contributed by atoms with Gasteiger partial charge in [-0.1, -0.05) is 0 Å². The molecule has 0 aliphatic heterocycles. The molecule has 0 bridgehead atoms. The molecule has 0 fully saturated rings. The number of carbonyl (C=O) groups is 1. The lowest BCUT2D eigenvalue weighted by Gasteiger charge is -1.99. The van der Waals surface area contributed by atoms with Gasteiger partial charge in [-0.2, -0.15) is 0 Å². The Kier molecular flexibility index (Phi) is 2.38. The maximum absolute atomic E-state index is 10.3. The molecule has 0 saturated heterocycles. The third kappa shape index (κ3) is 1.65. The van der Waals surface area contributed by atoms with Crippen molar-refractivity contribution in [3.8, 4) is 5.75 Å². The first-order valence-corrected chi connectivity index (χ1v) is 3.17. The lowest BCUT2D eigenvalue weighted by Crippen LogP contribution is -1.95. The summed E-state index contributed by atoms with van der Waals surface area (Å²) in [5.41, 5.74) is 0.160. The van der Waals surface area contributed by atoms with Crippen molar-refractivity contribution >= 4 is 17.9 Å². The highest BCUT2D eigenvalue weighted by Crippen LogP contribution is 2.13. The largest absolute Gasteiger partial charge is 0.493 e. The number of aromatic nitrogens is 2. The smallest absolute Gasteiger partial charge is 0.223 e. The molecule has 0 radical (unpaired) electrons. The Morgan fingerprint density at radius 2 is 2.45 bits per heavy atom. The lowest BCUT2D eigenvalue weighted by atomic mass is 10.4. The third-order valence-electron chi connectivity index (χ3n) is 1.09. The van der Waals surface area contributed by atoms with Crippen LogP contribution in [0.4, 0.5) is 0 Å². The SMILES string of the molecule is COc1cnc(Cl)nc1C=O. The summed E-state index contributed by atoms with van der Waals surface area (Å²) in [4.78, 5) is 17.6. The van der Waals surface area contributed by atoms with Gasteiger partial charge >= 0.3 is 0 Å². The van der Waals surface area contributed by atoms with Crippen molar-refractivity contribution in [2.45, 2.75) is 0 Å². The molecule has 1 aromatic heterocycles. The number of nitrogens with zero attached hydrogens (tertiary/aromatic N) is 2. The maximum atomic E-state index is 10.3. The van der Waals surface area contributed by atoms with E-state index in [1.165, 1.54) is 13.3 Å². The van der Waals surface area contributed by atoms with E-state index in [0.29, 0.717) is 12.0 Å². The first-order chi connectivity index (χ1) is 5.27. The van der Waals surface area contributed by atoms with Crippen molar-refractivity contribution in [2.24, 2.45) is 0 Å². The second-order valence-corrected chi connectivity index (χ2v) is 2.05. The molecule has 4 nitrogen and oxygen atoms in total. The van der Waals surface area contributed by atoms with Gasteiger partial charge in [-0.15, -0.1) is 0 Å². The topological polar surface area (TPSA) is 52.1 Å². The molecule has 58 valence electrons. The van der Waals surface area contributed by atoms with Crippen molar-refractivity contribution in [3.63, 3.8) is 0 Å². The van der Waals surface area contributed by atoms with Gasteiger partial charge < -0.3 is 4.74 Å². The van der Waals surface area contributed by atoms with Gasteiger partial charge in [0, 0.05) is 0 Å². The van der Waals surface area contributed by atoms with Crippen LogP contribution in [0.5, 0.6) is 5.75 Å². The third-order valence-corrected chi connectivity index (χ3v) is 1.27. The molecule has 0 N–H and O–H groups in total. The van der Waals surface area contributed by atoms with Crippen LogP contribution < -0.4 is 4.74 Å². The van der Waals surface area contributed by atoms with Gasteiger partial charge in [-0.05, 0) is 11.6 Å². The number of hydrogen-bond donors (Lipinski definition) is 0. The Labute approximate surface area is 68.2 Å². The summed E-state index contributed by atoms with van der Waals surface area (Å²) >= 11 is 5.42. The van der Waals surface area contributed by atoms with E-state index in [4.69, 9.17) is 16.3 Å². The summed E-state index contributed by atoms with van der Waals surface area (Å²) in [6.07, 6.45) is 1.91. The van der Waals surface area contributed by atoms with E-state index in [1.54, 1.807) is 0 Å². The van der Waals surface area contributed by atoms with E-state index in [2.05, 4.69) is 9.97 Å². The fourth-order valence-corrected chi connectivity index (χ4v) is 0.743. The van der Waals surface area contributed by atoms with Gasteiger partial charge in [-0.3, -0.25) is 4.79 Å². The van der Waals surface area contributed by atoms with Gasteiger partial charge in [0.1, 0.15) is 5.69 Å². The number of aldehydes is 1. The van der Waals surface area contributed by atoms with Gasteiger partial charge in [0.05, 0.1) is 13.3 Å². The van der Waals surface area contributed by atoms with Crippen LogP contribution in [0.25, 0.3) is 0 Å². The Balaban J connectivity index is 3.16. The molecular weight excluding hydrogens is 168 g/mol. The molecule has 0 atom stereocenters. The average molecular weight is 173 g/mol. The minimum absolute atomic E-state index is 0.0351. The van der Waals surface area contributed by atoms with E-state index in [9.17, 15) is 4.79 Å². The summed E-state index contributed by atoms with van der Waals surface area (Å²) in [5, 5.41) is 0.0351. The van der Waals surface area contributed by atoms with Gasteiger partial charge in [-0.25, -0.2) is 9.97 Å². The molecule has 0 aliphatic carbocycles. The first kappa shape index (κ1) is 7.94. The average Bonchev–Trinajstić information content (AvgIpc) is 2.04. The molecule has 5 heteroatoms. The summed E-state index contributed by atoms with van der Waals surface area (Å²) in [6.45, 7) is 0. The zero-order chi connectivity index (χ0) is 8.27. The molecule has 0 saturated carbocycles. The lowest BCUT2D eigenvalue weighted by molar-refractivity contribution is 0.111. The van der Waals surface area contributed by atoms with Crippen LogP contribution in [0, 0.1) is 0 Å². The second-order valence-electron chi connectivity index (χ2n) is 1.71. The zero-order valence-electron chi connectivity index (χ0n) is 5.74. The number of carbonyl (C=O) groups excluding carboxylic acids is 1. The minimum atomic E-state index is 0.0351. The van der Waals surface area contributed by atoms with Gasteiger partial charge in [0.2, 0.25) is 5.28 Å². The summed E-state index contributed by atoms with van der Waals surface area (Å²) in [6, 6.07) is 0. The van der Waals surface area contributed by atoms with Crippen molar-refractivity contribution in [3.05, 3.63) is 17.2 Å². The van der Waals surface area contributed by atoms with Crippen molar-refractivity contribution in [1.82, 2.24) is 9.97 Å².